The van der Waals surface area contributed by atoms with Crippen molar-refractivity contribution in [1.29, 1.82) is 0 Å². The lowest BCUT2D eigenvalue weighted by molar-refractivity contribution is 0.174. The van der Waals surface area contributed by atoms with Crippen LogP contribution in [0.2, 0.25) is 4.34 Å². The summed E-state index contributed by atoms with van der Waals surface area (Å²) in [6, 6.07) is 9.46. The Bertz CT molecular complexity index is 966. The third-order valence-electron chi connectivity index (χ3n) is 3.66. The second-order valence-corrected chi connectivity index (χ2v) is 7.75. The van der Waals surface area contributed by atoms with Gasteiger partial charge in [0.2, 0.25) is 12.7 Å². The van der Waals surface area contributed by atoms with Crippen LogP contribution in [-0.2, 0) is 13.2 Å². The molecule has 0 saturated heterocycles. The number of halogens is 1. The van der Waals surface area contributed by atoms with Crippen molar-refractivity contribution in [1.82, 2.24) is 14.7 Å². The summed E-state index contributed by atoms with van der Waals surface area (Å²) in [6.07, 6.45) is 0. The van der Waals surface area contributed by atoms with E-state index < -0.39 is 0 Å². The first-order valence-corrected chi connectivity index (χ1v) is 9.09. The number of aromatic nitrogens is 2. The van der Waals surface area contributed by atoms with Crippen LogP contribution in [0.3, 0.4) is 0 Å². The molecule has 1 aromatic carbocycles. The van der Waals surface area contributed by atoms with Gasteiger partial charge in [0.25, 0.3) is 4.84 Å². The molecule has 0 fully saturated rings. The Labute approximate surface area is 158 Å². The van der Waals surface area contributed by atoms with Crippen molar-refractivity contribution in [3.8, 4) is 23.0 Å². The van der Waals surface area contributed by atoms with Gasteiger partial charge in [0, 0.05) is 17.0 Å². The van der Waals surface area contributed by atoms with Crippen molar-refractivity contribution < 1.29 is 13.9 Å². The first-order valence-electron chi connectivity index (χ1n) is 7.49. The van der Waals surface area contributed by atoms with Crippen molar-refractivity contribution in [2.75, 3.05) is 13.8 Å². The maximum absolute atomic E-state index is 5.97. The van der Waals surface area contributed by atoms with Crippen molar-refractivity contribution in [2.24, 2.45) is 0 Å². The van der Waals surface area contributed by atoms with Crippen LogP contribution in [0.25, 0.3) is 11.5 Å². The monoisotopic (exact) mass is 395 g/mol. The van der Waals surface area contributed by atoms with Gasteiger partial charge in [-0.15, -0.1) is 16.4 Å². The Balaban J connectivity index is 1.51. The molecule has 0 aliphatic carbocycles. The minimum Gasteiger partial charge on any atom is -0.454 e. The van der Waals surface area contributed by atoms with E-state index in [2.05, 4.69) is 10.00 Å². The zero-order valence-electron chi connectivity index (χ0n) is 13.3. The van der Waals surface area contributed by atoms with Gasteiger partial charge in [-0.05, 0) is 49.6 Å². The van der Waals surface area contributed by atoms with Crippen molar-refractivity contribution >= 4 is 35.2 Å². The summed E-state index contributed by atoms with van der Waals surface area (Å²) in [5.41, 5.74) is 0.793. The molecule has 0 amide bonds. The topological polar surface area (TPSA) is 52.7 Å². The number of benzene rings is 1. The second-order valence-electron chi connectivity index (χ2n) is 5.60. The minimum atomic E-state index is 0.230. The molecule has 2 aromatic heterocycles. The highest BCUT2D eigenvalue weighted by atomic mass is 35.5. The Morgan fingerprint density at radius 2 is 2.12 bits per heavy atom. The molecule has 0 unspecified atom stereocenters. The zero-order valence-corrected chi connectivity index (χ0v) is 15.7. The Morgan fingerprint density at radius 1 is 1.28 bits per heavy atom. The number of hydrogen-bond acceptors (Lipinski definition) is 7. The predicted octanol–water partition coefficient (Wildman–Crippen LogP) is 4.41. The Hall–Kier alpha value is -1.87. The molecule has 3 aromatic rings. The molecule has 0 N–H and O–H groups in total. The molecule has 130 valence electrons. The zero-order chi connectivity index (χ0) is 17.4. The van der Waals surface area contributed by atoms with Gasteiger partial charge in [-0.3, -0.25) is 4.90 Å². The molecular weight excluding hydrogens is 382 g/mol. The summed E-state index contributed by atoms with van der Waals surface area (Å²) < 4.78 is 18.8. The lowest BCUT2D eigenvalue weighted by atomic mass is 10.2. The van der Waals surface area contributed by atoms with Gasteiger partial charge in [0.1, 0.15) is 0 Å². The van der Waals surface area contributed by atoms with E-state index in [4.69, 9.17) is 37.7 Å². The smallest absolute Gasteiger partial charge is 0.288 e. The van der Waals surface area contributed by atoms with E-state index >= 15 is 0 Å². The van der Waals surface area contributed by atoms with Gasteiger partial charge in [-0.1, -0.05) is 11.6 Å². The standard InChI is InChI=1S/C16H14ClN3O3S2/c1-19(7-11-3-5-14(17)25-11)8-20-16(24)23-15(18-20)10-2-4-12-13(6-10)22-9-21-12/h2-6H,7-9H2,1H3. The molecule has 6 nitrogen and oxygen atoms in total. The van der Waals surface area contributed by atoms with Crippen LogP contribution in [0.4, 0.5) is 0 Å². The van der Waals surface area contributed by atoms with Crippen LogP contribution in [0, 0.1) is 4.84 Å². The van der Waals surface area contributed by atoms with Crippen LogP contribution in [0.1, 0.15) is 4.88 Å². The molecule has 0 radical (unpaired) electrons. The molecular formula is C16H14ClN3O3S2. The number of rotatable bonds is 5. The maximum Gasteiger partial charge on any atom is 0.288 e. The number of hydrogen-bond donors (Lipinski definition) is 0. The largest absolute Gasteiger partial charge is 0.454 e. The first-order chi connectivity index (χ1) is 12.1. The molecule has 0 atom stereocenters. The summed E-state index contributed by atoms with van der Waals surface area (Å²) in [6.45, 7) is 1.50. The van der Waals surface area contributed by atoms with Crippen LogP contribution in [-0.4, -0.2) is 28.5 Å². The van der Waals surface area contributed by atoms with E-state index in [-0.39, 0.29) is 6.79 Å². The first kappa shape index (κ1) is 16.6. The molecule has 9 heteroatoms. The van der Waals surface area contributed by atoms with E-state index in [1.54, 1.807) is 16.0 Å². The normalized spacial score (nSPS) is 12.9. The Morgan fingerprint density at radius 3 is 2.92 bits per heavy atom. The summed E-state index contributed by atoms with van der Waals surface area (Å²) >= 11 is 12.8. The summed E-state index contributed by atoms with van der Waals surface area (Å²) in [7, 11) is 1.99. The number of ether oxygens (including phenoxy) is 2. The molecule has 4 rings (SSSR count). The van der Waals surface area contributed by atoms with Gasteiger partial charge in [-0.2, -0.15) is 0 Å². The highest BCUT2D eigenvalue weighted by molar-refractivity contribution is 7.71. The molecule has 0 spiro atoms. The fourth-order valence-corrected chi connectivity index (χ4v) is 3.87. The van der Waals surface area contributed by atoms with Gasteiger partial charge in [0.05, 0.1) is 11.0 Å². The van der Waals surface area contributed by atoms with E-state index in [0.29, 0.717) is 23.1 Å². The van der Waals surface area contributed by atoms with Crippen LogP contribution in [0.5, 0.6) is 11.5 Å². The van der Waals surface area contributed by atoms with Crippen LogP contribution < -0.4 is 9.47 Å². The fourth-order valence-electron chi connectivity index (χ4n) is 2.52. The highest BCUT2D eigenvalue weighted by Crippen LogP contribution is 2.35. The third kappa shape index (κ3) is 3.57. The molecule has 1 aliphatic rings. The highest BCUT2D eigenvalue weighted by Gasteiger charge is 2.17. The molecule has 0 saturated carbocycles. The van der Waals surface area contributed by atoms with Gasteiger partial charge in [0.15, 0.2) is 11.5 Å². The van der Waals surface area contributed by atoms with E-state index in [1.807, 2.05) is 37.4 Å². The molecule has 3 heterocycles. The van der Waals surface area contributed by atoms with Crippen molar-refractivity contribution in [3.05, 3.63) is 44.4 Å². The van der Waals surface area contributed by atoms with Gasteiger partial charge in [-0.25, -0.2) is 4.68 Å². The number of nitrogens with zero attached hydrogens (tertiary/aromatic N) is 3. The molecule has 25 heavy (non-hydrogen) atoms. The second kappa shape index (κ2) is 6.80. The van der Waals surface area contributed by atoms with Crippen LogP contribution >= 0.6 is 35.2 Å². The van der Waals surface area contributed by atoms with Crippen molar-refractivity contribution in [3.63, 3.8) is 0 Å². The summed E-state index contributed by atoms with van der Waals surface area (Å²) in [5, 5.41) is 4.48. The predicted molar refractivity (Wildman–Crippen MR) is 97.7 cm³/mol. The quantitative estimate of drug-likeness (QED) is 0.596. The number of thiophene rings is 1. The Kier molecular flexibility index (Phi) is 4.51. The number of fused-ring (bicyclic) bond motifs is 1. The average molecular weight is 396 g/mol. The van der Waals surface area contributed by atoms with Crippen LogP contribution in [0.15, 0.2) is 34.7 Å². The lowest BCUT2D eigenvalue weighted by Gasteiger charge is -2.14. The lowest BCUT2D eigenvalue weighted by Crippen LogP contribution is -2.22. The molecule has 0 bridgehead atoms. The fraction of sp³-hybridized carbons (Fsp3) is 0.250. The third-order valence-corrected chi connectivity index (χ3v) is 5.17. The van der Waals surface area contributed by atoms with E-state index in [1.165, 1.54) is 4.88 Å². The maximum atomic E-state index is 5.97. The van der Waals surface area contributed by atoms with Gasteiger partial charge >= 0.3 is 0 Å². The minimum absolute atomic E-state index is 0.230. The summed E-state index contributed by atoms with van der Waals surface area (Å²) in [4.78, 5) is 3.59. The SMILES string of the molecule is CN(Cc1ccc(Cl)s1)Cn1nc(-c2ccc3c(c2)OCO3)oc1=S. The summed E-state index contributed by atoms with van der Waals surface area (Å²) in [5.74, 6) is 1.85. The average Bonchev–Trinajstić information content (AvgIpc) is 3.28. The van der Waals surface area contributed by atoms with E-state index in [9.17, 15) is 0 Å². The van der Waals surface area contributed by atoms with Gasteiger partial charge < -0.3 is 13.9 Å². The van der Waals surface area contributed by atoms with Crippen molar-refractivity contribution in [2.45, 2.75) is 13.2 Å². The molecule has 1 aliphatic heterocycles. The van der Waals surface area contributed by atoms with E-state index in [0.717, 1.165) is 22.2 Å².